The summed E-state index contributed by atoms with van der Waals surface area (Å²) >= 11 is 0. The summed E-state index contributed by atoms with van der Waals surface area (Å²) in [5, 5.41) is 0. The zero-order chi connectivity index (χ0) is 11.9. The number of halogens is 1. The summed E-state index contributed by atoms with van der Waals surface area (Å²) in [6.45, 7) is 8.15. The number of hydrogen-bond acceptors (Lipinski definition) is 1. The van der Waals surface area contributed by atoms with E-state index in [1.807, 2.05) is 0 Å². The molecule has 0 saturated heterocycles. The van der Waals surface area contributed by atoms with E-state index in [0.717, 1.165) is 25.1 Å². The maximum atomic E-state index is 14.0. The number of benzene rings is 1. The van der Waals surface area contributed by atoms with Gasteiger partial charge in [0.25, 0.3) is 0 Å². The van der Waals surface area contributed by atoms with Gasteiger partial charge in [0.2, 0.25) is 0 Å². The van der Waals surface area contributed by atoms with Gasteiger partial charge in [-0.2, -0.15) is 0 Å². The van der Waals surface area contributed by atoms with Crippen LogP contribution in [-0.4, -0.2) is 18.5 Å². The lowest BCUT2D eigenvalue weighted by atomic mass is 9.83. The Morgan fingerprint density at radius 3 is 2.50 bits per heavy atom. The van der Waals surface area contributed by atoms with Crippen LogP contribution in [0.2, 0.25) is 0 Å². The molecule has 16 heavy (non-hydrogen) atoms. The van der Waals surface area contributed by atoms with Crippen molar-refractivity contribution in [1.29, 1.82) is 0 Å². The van der Waals surface area contributed by atoms with E-state index in [9.17, 15) is 4.39 Å². The van der Waals surface area contributed by atoms with Gasteiger partial charge in [0.05, 0.1) is 0 Å². The molecule has 1 aromatic rings. The van der Waals surface area contributed by atoms with Gasteiger partial charge in [0.15, 0.2) is 0 Å². The van der Waals surface area contributed by atoms with Crippen molar-refractivity contribution in [3.05, 3.63) is 34.6 Å². The van der Waals surface area contributed by atoms with E-state index < -0.39 is 0 Å². The molecule has 1 aromatic carbocycles. The lowest BCUT2D eigenvalue weighted by Crippen LogP contribution is -2.27. The van der Waals surface area contributed by atoms with E-state index >= 15 is 0 Å². The summed E-state index contributed by atoms with van der Waals surface area (Å²) in [6, 6.07) is 3.79. The lowest BCUT2D eigenvalue weighted by Gasteiger charge is -2.28. The number of fused-ring (bicyclic) bond motifs is 1. The first kappa shape index (κ1) is 11.6. The Hall–Kier alpha value is -0.890. The van der Waals surface area contributed by atoms with Gasteiger partial charge in [-0.1, -0.05) is 26.8 Å². The molecule has 0 N–H and O–H groups in total. The minimum Gasteiger partial charge on any atom is -0.302 e. The molecule has 2 heteroatoms. The molecule has 0 aromatic heterocycles. The Bertz CT molecular complexity index is 404. The summed E-state index contributed by atoms with van der Waals surface area (Å²) in [7, 11) is 2.11. The molecule has 1 aliphatic rings. The van der Waals surface area contributed by atoms with Crippen molar-refractivity contribution in [3.8, 4) is 0 Å². The number of likely N-dealkylation sites (N-methyl/N-ethyl adjacent to an activating group) is 1. The molecule has 1 heterocycles. The molecule has 1 aliphatic heterocycles. The van der Waals surface area contributed by atoms with Crippen molar-refractivity contribution in [2.24, 2.45) is 0 Å². The van der Waals surface area contributed by atoms with Gasteiger partial charge in [-0.25, -0.2) is 4.39 Å². The molecule has 0 unspecified atom stereocenters. The second kappa shape index (κ2) is 3.85. The van der Waals surface area contributed by atoms with Crippen LogP contribution in [0, 0.1) is 5.82 Å². The molecule has 0 saturated carbocycles. The van der Waals surface area contributed by atoms with Crippen molar-refractivity contribution in [2.45, 2.75) is 39.2 Å². The number of rotatable bonds is 0. The van der Waals surface area contributed by atoms with Crippen molar-refractivity contribution >= 4 is 0 Å². The average Bonchev–Trinajstić information content (AvgIpc) is 2.16. The first-order valence-corrected chi connectivity index (χ1v) is 5.88. The molecule has 1 nitrogen and oxygen atoms in total. The second-order valence-electron chi connectivity index (χ2n) is 5.84. The monoisotopic (exact) mass is 221 g/mol. The minimum absolute atomic E-state index is 0.0456. The number of hydrogen-bond donors (Lipinski definition) is 0. The summed E-state index contributed by atoms with van der Waals surface area (Å²) in [5.74, 6) is -0.0456. The van der Waals surface area contributed by atoms with Gasteiger partial charge < -0.3 is 4.90 Å². The second-order valence-corrected chi connectivity index (χ2v) is 5.84. The van der Waals surface area contributed by atoms with E-state index in [4.69, 9.17) is 0 Å². The Balaban J connectivity index is 2.47. The van der Waals surface area contributed by atoms with Crippen LogP contribution in [0.25, 0.3) is 0 Å². The third-order valence-electron chi connectivity index (χ3n) is 3.30. The fraction of sp³-hybridized carbons (Fsp3) is 0.571. The predicted molar refractivity (Wildman–Crippen MR) is 65.1 cm³/mol. The van der Waals surface area contributed by atoms with E-state index in [2.05, 4.69) is 38.8 Å². The fourth-order valence-electron chi connectivity index (χ4n) is 2.30. The molecule has 2 rings (SSSR count). The molecular weight excluding hydrogens is 201 g/mol. The van der Waals surface area contributed by atoms with Crippen LogP contribution >= 0.6 is 0 Å². The van der Waals surface area contributed by atoms with Crippen LogP contribution in [0.1, 0.15) is 37.5 Å². The summed E-state index contributed by atoms with van der Waals surface area (Å²) in [5.41, 5.74) is 3.19. The van der Waals surface area contributed by atoms with Gasteiger partial charge in [0.1, 0.15) is 5.82 Å². The van der Waals surface area contributed by atoms with Crippen molar-refractivity contribution in [3.63, 3.8) is 0 Å². The zero-order valence-corrected chi connectivity index (χ0v) is 10.6. The Morgan fingerprint density at radius 1 is 1.19 bits per heavy atom. The summed E-state index contributed by atoms with van der Waals surface area (Å²) in [6.07, 6.45) is 0.965. The smallest absolute Gasteiger partial charge is 0.127 e. The lowest BCUT2D eigenvalue weighted by molar-refractivity contribution is 0.311. The van der Waals surface area contributed by atoms with E-state index in [-0.39, 0.29) is 11.2 Å². The van der Waals surface area contributed by atoms with E-state index in [0.29, 0.717) is 0 Å². The highest BCUT2D eigenvalue weighted by molar-refractivity contribution is 5.37. The summed E-state index contributed by atoms with van der Waals surface area (Å²) < 4.78 is 14.0. The van der Waals surface area contributed by atoms with E-state index in [1.165, 1.54) is 11.1 Å². The Labute approximate surface area is 97.3 Å². The zero-order valence-electron chi connectivity index (χ0n) is 10.6. The highest BCUT2D eigenvalue weighted by atomic mass is 19.1. The topological polar surface area (TPSA) is 3.24 Å². The molecule has 0 spiro atoms. The highest BCUT2D eigenvalue weighted by Crippen LogP contribution is 2.29. The van der Waals surface area contributed by atoms with Gasteiger partial charge >= 0.3 is 0 Å². The van der Waals surface area contributed by atoms with Crippen LogP contribution in [0.5, 0.6) is 0 Å². The molecule has 0 radical (unpaired) electrons. The molecule has 0 atom stereocenters. The van der Waals surface area contributed by atoms with Crippen LogP contribution in [0.15, 0.2) is 12.1 Å². The van der Waals surface area contributed by atoms with Gasteiger partial charge in [0, 0.05) is 13.1 Å². The molecule has 0 aliphatic carbocycles. The third-order valence-corrected chi connectivity index (χ3v) is 3.30. The normalized spacial score (nSPS) is 17.3. The molecule has 0 fully saturated rings. The van der Waals surface area contributed by atoms with Crippen molar-refractivity contribution < 1.29 is 4.39 Å². The van der Waals surface area contributed by atoms with Crippen LogP contribution in [0.3, 0.4) is 0 Å². The van der Waals surface area contributed by atoms with E-state index in [1.54, 1.807) is 6.07 Å². The quantitative estimate of drug-likeness (QED) is 0.650. The van der Waals surface area contributed by atoms with Crippen molar-refractivity contribution in [2.75, 3.05) is 13.6 Å². The summed E-state index contributed by atoms with van der Waals surface area (Å²) in [4.78, 5) is 2.28. The largest absolute Gasteiger partial charge is 0.302 e. The van der Waals surface area contributed by atoms with Crippen LogP contribution < -0.4 is 0 Å². The maximum Gasteiger partial charge on any atom is 0.127 e. The standard InChI is InChI=1S/C14H20FN/c1-14(2,3)12-7-11-9-16(4)6-5-10(11)8-13(12)15/h7-8H,5-6,9H2,1-4H3. The first-order chi connectivity index (χ1) is 7.38. The van der Waals surface area contributed by atoms with Gasteiger partial charge in [-0.3, -0.25) is 0 Å². The minimum atomic E-state index is -0.116. The average molecular weight is 221 g/mol. The number of nitrogens with zero attached hydrogens (tertiary/aromatic N) is 1. The van der Waals surface area contributed by atoms with Gasteiger partial charge in [-0.15, -0.1) is 0 Å². The first-order valence-electron chi connectivity index (χ1n) is 5.88. The Kier molecular flexibility index (Phi) is 2.79. The van der Waals surface area contributed by atoms with Crippen molar-refractivity contribution in [1.82, 2.24) is 4.90 Å². The Morgan fingerprint density at radius 2 is 1.88 bits per heavy atom. The third kappa shape index (κ3) is 2.12. The maximum absolute atomic E-state index is 14.0. The SMILES string of the molecule is CN1CCc2cc(F)c(C(C)(C)C)cc2C1. The highest BCUT2D eigenvalue weighted by Gasteiger charge is 2.22. The molecule has 88 valence electrons. The molecule has 0 bridgehead atoms. The molecule has 0 amide bonds. The predicted octanol–water partition coefficient (Wildman–Crippen LogP) is 3.11. The molecular formula is C14H20FN. The van der Waals surface area contributed by atoms with Crippen LogP contribution in [-0.2, 0) is 18.4 Å². The fourth-order valence-corrected chi connectivity index (χ4v) is 2.30. The van der Waals surface area contributed by atoms with Gasteiger partial charge in [-0.05, 0) is 41.6 Å². The van der Waals surface area contributed by atoms with Crippen LogP contribution in [0.4, 0.5) is 4.39 Å².